The molecule has 1 aromatic heterocycles. The van der Waals surface area contributed by atoms with Crippen LogP contribution in [0.2, 0.25) is 0 Å². The summed E-state index contributed by atoms with van der Waals surface area (Å²) in [6.07, 6.45) is 2.47. The molecule has 2 heterocycles. The van der Waals surface area contributed by atoms with Crippen LogP contribution in [0.5, 0.6) is 0 Å². The van der Waals surface area contributed by atoms with Crippen molar-refractivity contribution in [3.05, 3.63) is 65.0 Å². The van der Waals surface area contributed by atoms with Crippen molar-refractivity contribution < 1.29 is 0 Å². The summed E-state index contributed by atoms with van der Waals surface area (Å²) >= 11 is 0. The van der Waals surface area contributed by atoms with E-state index in [-0.39, 0.29) is 0 Å². The first-order valence-electron chi connectivity index (χ1n) is 8.92. The molecule has 0 spiro atoms. The van der Waals surface area contributed by atoms with E-state index in [1.54, 1.807) is 0 Å². The van der Waals surface area contributed by atoms with Crippen LogP contribution in [-0.4, -0.2) is 28.0 Å². The molecule has 0 aliphatic carbocycles. The van der Waals surface area contributed by atoms with Crippen molar-refractivity contribution in [3.63, 3.8) is 0 Å². The van der Waals surface area contributed by atoms with Crippen LogP contribution in [0, 0.1) is 13.8 Å². The molecule has 0 unspecified atom stereocenters. The van der Waals surface area contributed by atoms with Gasteiger partial charge < -0.3 is 4.98 Å². The zero-order valence-corrected chi connectivity index (χ0v) is 14.5. The van der Waals surface area contributed by atoms with Crippen molar-refractivity contribution in [3.8, 4) is 0 Å². The molecule has 1 saturated heterocycles. The lowest BCUT2D eigenvalue weighted by molar-refractivity contribution is 0.197. The number of rotatable bonds is 3. The second-order valence-electron chi connectivity index (χ2n) is 7.14. The summed E-state index contributed by atoms with van der Waals surface area (Å²) in [7, 11) is 0. The van der Waals surface area contributed by atoms with Crippen LogP contribution < -0.4 is 0 Å². The second-order valence-corrected chi connectivity index (χ2v) is 7.14. The van der Waals surface area contributed by atoms with E-state index in [2.05, 4.69) is 66.2 Å². The molecule has 0 bridgehead atoms. The van der Waals surface area contributed by atoms with Gasteiger partial charge in [-0.1, -0.05) is 35.9 Å². The summed E-state index contributed by atoms with van der Waals surface area (Å²) in [5.41, 5.74) is 6.44. The molecule has 0 amide bonds. The number of likely N-dealkylation sites (tertiary alicyclic amines) is 1. The number of hydrogen-bond donors (Lipinski definition) is 1. The highest BCUT2D eigenvalue weighted by Crippen LogP contribution is 2.28. The van der Waals surface area contributed by atoms with Crippen LogP contribution in [0.4, 0.5) is 0 Å². The van der Waals surface area contributed by atoms with Crippen molar-refractivity contribution in [2.24, 2.45) is 0 Å². The molecule has 2 aromatic carbocycles. The summed E-state index contributed by atoms with van der Waals surface area (Å²) in [6, 6.07) is 15.1. The molecule has 1 fully saturated rings. The molecule has 0 saturated carbocycles. The number of H-pyrrole nitrogens is 1. The summed E-state index contributed by atoms with van der Waals surface area (Å²) < 4.78 is 0. The van der Waals surface area contributed by atoms with Gasteiger partial charge in [0.25, 0.3) is 0 Å². The minimum Gasteiger partial charge on any atom is -0.342 e. The van der Waals surface area contributed by atoms with Crippen molar-refractivity contribution in [2.75, 3.05) is 13.1 Å². The molecule has 1 aliphatic rings. The Balaban J connectivity index is 1.52. The number of fused-ring (bicyclic) bond motifs is 1. The number of hydrogen-bond acceptors (Lipinski definition) is 2. The molecule has 24 heavy (non-hydrogen) atoms. The predicted octanol–water partition coefficient (Wildman–Crippen LogP) is 4.56. The number of piperidine rings is 1. The molecule has 1 aliphatic heterocycles. The van der Waals surface area contributed by atoms with Gasteiger partial charge in [-0.3, -0.25) is 4.90 Å². The van der Waals surface area contributed by atoms with Crippen LogP contribution in [-0.2, 0) is 6.54 Å². The highest BCUT2D eigenvalue weighted by atomic mass is 15.1. The van der Waals surface area contributed by atoms with Crippen molar-refractivity contribution in [2.45, 2.75) is 39.2 Å². The maximum atomic E-state index is 4.83. The largest absolute Gasteiger partial charge is 0.342 e. The SMILES string of the molecule is Cc1ccc(C)c(CN2CCC[C@@H](c3nc4ccccc4[nH]3)C2)c1. The lowest BCUT2D eigenvalue weighted by Gasteiger charge is -2.32. The van der Waals surface area contributed by atoms with Crippen LogP contribution >= 0.6 is 0 Å². The topological polar surface area (TPSA) is 31.9 Å². The highest BCUT2D eigenvalue weighted by molar-refractivity contribution is 5.74. The zero-order chi connectivity index (χ0) is 16.5. The van der Waals surface area contributed by atoms with E-state index < -0.39 is 0 Å². The number of imidazole rings is 1. The Morgan fingerprint density at radius 1 is 1.17 bits per heavy atom. The standard InChI is InChI=1S/C21H25N3/c1-15-9-10-16(2)18(12-15)14-24-11-5-6-17(13-24)21-22-19-7-3-4-8-20(19)23-21/h3-4,7-10,12,17H,5-6,11,13-14H2,1-2H3,(H,22,23)/t17-/m1/s1. The van der Waals surface area contributed by atoms with Gasteiger partial charge in [-0.05, 0) is 56.5 Å². The summed E-state index contributed by atoms with van der Waals surface area (Å²) in [6.45, 7) is 7.72. The molecule has 124 valence electrons. The third-order valence-corrected chi connectivity index (χ3v) is 5.20. The number of nitrogens with one attached hydrogen (secondary N) is 1. The third-order valence-electron chi connectivity index (χ3n) is 5.20. The van der Waals surface area contributed by atoms with Crippen LogP contribution in [0.3, 0.4) is 0 Å². The van der Waals surface area contributed by atoms with Gasteiger partial charge in [0.15, 0.2) is 0 Å². The molecule has 3 heteroatoms. The van der Waals surface area contributed by atoms with E-state index in [9.17, 15) is 0 Å². The Labute approximate surface area is 143 Å². The maximum absolute atomic E-state index is 4.83. The number of aryl methyl sites for hydroxylation is 2. The van der Waals surface area contributed by atoms with E-state index in [0.29, 0.717) is 5.92 Å². The van der Waals surface area contributed by atoms with E-state index in [4.69, 9.17) is 4.98 Å². The molecular formula is C21H25N3. The molecule has 4 rings (SSSR count). The summed E-state index contributed by atoms with van der Waals surface area (Å²) in [4.78, 5) is 10.9. The Morgan fingerprint density at radius 2 is 2.04 bits per heavy atom. The van der Waals surface area contributed by atoms with Crippen LogP contribution in [0.25, 0.3) is 11.0 Å². The smallest absolute Gasteiger partial charge is 0.111 e. The summed E-state index contributed by atoms with van der Waals surface area (Å²) in [5.74, 6) is 1.66. The summed E-state index contributed by atoms with van der Waals surface area (Å²) in [5, 5.41) is 0. The first-order chi connectivity index (χ1) is 11.7. The molecule has 0 radical (unpaired) electrons. The van der Waals surface area contributed by atoms with Gasteiger partial charge in [0.05, 0.1) is 11.0 Å². The van der Waals surface area contributed by atoms with Crippen molar-refractivity contribution in [1.29, 1.82) is 0 Å². The average molecular weight is 319 g/mol. The highest BCUT2D eigenvalue weighted by Gasteiger charge is 2.24. The number of aromatic amines is 1. The average Bonchev–Trinajstić information content (AvgIpc) is 3.03. The number of benzene rings is 2. The number of nitrogens with zero attached hydrogens (tertiary/aromatic N) is 2. The first-order valence-corrected chi connectivity index (χ1v) is 8.92. The third kappa shape index (κ3) is 3.09. The van der Waals surface area contributed by atoms with Gasteiger partial charge in [0.2, 0.25) is 0 Å². The molecule has 1 atom stereocenters. The quantitative estimate of drug-likeness (QED) is 0.767. The monoisotopic (exact) mass is 319 g/mol. The Hall–Kier alpha value is -2.13. The zero-order valence-electron chi connectivity index (χ0n) is 14.5. The fourth-order valence-electron chi connectivity index (χ4n) is 3.80. The second kappa shape index (κ2) is 6.40. The molecule has 3 nitrogen and oxygen atoms in total. The van der Waals surface area contributed by atoms with E-state index in [1.807, 2.05) is 0 Å². The number of para-hydroxylation sites is 2. The van der Waals surface area contributed by atoms with E-state index in [1.165, 1.54) is 36.1 Å². The van der Waals surface area contributed by atoms with Crippen molar-refractivity contribution in [1.82, 2.24) is 14.9 Å². The maximum Gasteiger partial charge on any atom is 0.111 e. The number of aromatic nitrogens is 2. The lowest BCUT2D eigenvalue weighted by Crippen LogP contribution is -2.34. The lowest BCUT2D eigenvalue weighted by atomic mass is 9.96. The predicted molar refractivity (Wildman–Crippen MR) is 99.3 cm³/mol. The van der Waals surface area contributed by atoms with Gasteiger partial charge in [-0.25, -0.2) is 4.98 Å². The minimum atomic E-state index is 0.510. The first kappa shape index (κ1) is 15.4. The molecular weight excluding hydrogens is 294 g/mol. The molecule has 1 N–H and O–H groups in total. The van der Waals surface area contributed by atoms with E-state index in [0.717, 1.165) is 29.9 Å². The Bertz CT molecular complexity index is 816. The fraction of sp³-hybridized carbons (Fsp3) is 0.381. The normalized spacial score (nSPS) is 19.0. The van der Waals surface area contributed by atoms with Crippen LogP contribution in [0.15, 0.2) is 42.5 Å². The fourth-order valence-corrected chi connectivity index (χ4v) is 3.80. The van der Waals surface area contributed by atoms with Crippen molar-refractivity contribution >= 4 is 11.0 Å². The molecule has 3 aromatic rings. The van der Waals surface area contributed by atoms with Gasteiger partial charge in [0, 0.05) is 19.0 Å². The van der Waals surface area contributed by atoms with Gasteiger partial charge >= 0.3 is 0 Å². The Morgan fingerprint density at radius 3 is 2.92 bits per heavy atom. The minimum absolute atomic E-state index is 0.510. The van der Waals surface area contributed by atoms with Gasteiger partial charge in [0.1, 0.15) is 5.82 Å². The van der Waals surface area contributed by atoms with E-state index >= 15 is 0 Å². The van der Waals surface area contributed by atoms with Crippen LogP contribution in [0.1, 0.15) is 41.3 Å². The Kier molecular flexibility index (Phi) is 4.11. The van der Waals surface area contributed by atoms with Gasteiger partial charge in [-0.2, -0.15) is 0 Å². The van der Waals surface area contributed by atoms with Gasteiger partial charge in [-0.15, -0.1) is 0 Å².